The van der Waals surface area contributed by atoms with Crippen molar-refractivity contribution in [3.8, 4) is 5.75 Å². The quantitative estimate of drug-likeness (QED) is 0.424. The highest BCUT2D eigenvalue weighted by molar-refractivity contribution is 5.94. The highest BCUT2D eigenvalue weighted by atomic mass is 16.5. The van der Waals surface area contributed by atoms with Gasteiger partial charge in [-0.25, -0.2) is 0 Å². The van der Waals surface area contributed by atoms with Crippen molar-refractivity contribution in [1.82, 2.24) is 15.5 Å². The number of ether oxygens (including phenoxy) is 1. The highest BCUT2D eigenvalue weighted by Gasteiger charge is 2.35. The standard InChI is InChI=1S/C28H43N3O4/c1-3-4-5-6-7-8-11-26(32)31-20-9-10-25(31)28(34)30-23-16-14-22(15-17-23)29-27(33)21-12-18-24(35-2)19-13-21/h12-13,18-19,22-23,25H,3-11,14-17,20H2,1-2H3,(H,29,33)(H,30,34)/t22?,23?,25-/m0/s1. The lowest BCUT2D eigenvalue weighted by Crippen LogP contribution is -2.50. The van der Waals surface area contributed by atoms with Gasteiger partial charge in [-0.3, -0.25) is 14.4 Å². The number of nitrogens with zero attached hydrogens (tertiary/aromatic N) is 1. The summed E-state index contributed by atoms with van der Waals surface area (Å²) < 4.78 is 5.14. The fourth-order valence-electron chi connectivity index (χ4n) is 5.23. The second kappa shape index (κ2) is 14.1. The average molecular weight is 486 g/mol. The van der Waals surface area contributed by atoms with E-state index in [-0.39, 0.29) is 35.8 Å². The van der Waals surface area contributed by atoms with Gasteiger partial charge < -0.3 is 20.3 Å². The Morgan fingerprint density at radius 3 is 2.17 bits per heavy atom. The van der Waals surface area contributed by atoms with Crippen LogP contribution in [-0.4, -0.2) is 54.4 Å². The number of hydrogen-bond donors (Lipinski definition) is 2. The maximum Gasteiger partial charge on any atom is 0.251 e. The van der Waals surface area contributed by atoms with Crippen molar-refractivity contribution < 1.29 is 19.1 Å². The van der Waals surface area contributed by atoms with Gasteiger partial charge in [0.2, 0.25) is 11.8 Å². The number of amides is 3. The summed E-state index contributed by atoms with van der Waals surface area (Å²) in [5, 5.41) is 6.31. The minimum absolute atomic E-state index is 0.00971. The number of methoxy groups -OCH3 is 1. The summed E-state index contributed by atoms with van der Waals surface area (Å²) in [6.45, 7) is 2.90. The van der Waals surface area contributed by atoms with E-state index in [1.807, 2.05) is 4.90 Å². The second-order valence-electron chi connectivity index (χ2n) is 10.0. The first-order chi connectivity index (χ1) is 17.0. The lowest BCUT2D eigenvalue weighted by Gasteiger charge is -2.31. The lowest BCUT2D eigenvalue weighted by molar-refractivity contribution is -0.138. The second-order valence-corrected chi connectivity index (χ2v) is 10.0. The molecule has 2 N–H and O–H groups in total. The van der Waals surface area contributed by atoms with Gasteiger partial charge in [0.1, 0.15) is 11.8 Å². The van der Waals surface area contributed by atoms with E-state index in [0.717, 1.165) is 57.1 Å². The number of carbonyl (C=O) groups excluding carboxylic acids is 3. The van der Waals surface area contributed by atoms with Crippen molar-refractivity contribution in [2.45, 2.75) is 109 Å². The zero-order valence-electron chi connectivity index (χ0n) is 21.5. The molecule has 0 unspecified atom stereocenters. The molecule has 7 heteroatoms. The molecule has 2 aliphatic rings. The molecule has 1 saturated carbocycles. The number of rotatable bonds is 12. The van der Waals surface area contributed by atoms with Crippen molar-refractivity contribution in [3.63, 3.8) is 0 Å². The normalized spacial score (nSPS) is 22.0. The maximum atomic E-state index is 13.0. The fraction of sp³-hybridized carbons (Fsp3) is 0.679. The van der Waals surface area contributed by atoms with Crippen LogP contribution in [0, 0.1) is 0 Å². The van der Waals surface area contributed by atoms with Gasteiger partial charge in [0, 0.05) is 30.6 Å². The van der Waals surface area contributed by atoms with Gasteiger partial charge in [0.25, 0.3) is 5.91 Å². The van der Waals surface area contributed by atoms with E-state index in [1.165, 1.54) is 25.7 Å². The highest BCUT2D eigenvalue weighted by Crippen LogP contribution is 2.23. The number of nitrogens with one attached hydrogen (secondary N) is 2. The molecule has 0 spiro atoms. The molecule has 1 aromatic carbocycles. The third kappa shape index (κ3) is 8.25. The lowest BCUT2D eigenvalue weighted by atomic mass is 9.90. The molecular weight excluding hydrogens is 442 g/mol. The SMILES string of the molecule is CCCCCCCCC(=O)N1CCC[C@H]1C(=O)NC1CCC(NC(=O)c2ccc(OC)cc2)CC1. The monoisotopic (exact) mass is 485 g/mol. The molecule has 0 aromatic heterocycles. The van der Waals surface area contributed by atoms with Gasteiger partial charge in [-0.15, -0.1) is 0 Å². The smallest absolute Gasteiger partial charge is 0.251 e. The minimum atomic E-state index is -0.324. The molecule has 1 aliphatic carbocycles. The van der Waals surface area contributed by atoms with Crippen LogP contribution >= 0.6 is 0 Å². The summed E-state index contributed by atoms with van der Waals surface area (Å²) >= 11 is 0. The van der Waals surface area contributed by atoms with Crippen LogP contribution in [0.3, 0.4) is 0 Å². The molecule has 1 aromatic rings. The summed E-state index contributed by atoms with van der Waals surface area (Å²) in [7, 11) is 1.60. The molecule has 7 nitrogen and oxygen atoms in total. The van der Waals surface area contributed by atoms with Gasteiger partial charge in [-0.2, -0.15) is 0 Å². The predicted octanol–water partition coefficient (Wildman–Crippen LogP) is 4.59. The Morgan fingerprint density at radius 2 is 1.51 bits per heavy atom. The van der Waals surface area contributed by atoms with Crippen LogP contribution < -0.4 is 15.4 Å². The van der Waals surface area contributed by atoms with Gasteiger partial charge in [-0.05, 0) is 69.2 Å². The molecule has 1 heterocycles. The largest absolute Gasteiger partial charge is 0.497 e. The molecule has 1 saturated heterocycles. The Labute approximate surface area is 210 Å². The predicted molar refractivity (Wildman–Crippen MR) is 137 cm³/mol. The number of unbranched alkanes of at least 4 members (excludes halogenated alkanes) is 5. The van der Waals surface area contributed by atoms with Gasteiger partial charge >= 0.3 is 0 Å². The Bertz CT molecular complexity index is 818. The van der Waals surface area contributed by atoms with Crippen LogP contribution in [0.5, 0.6) is 5.75 Å². The molecular formula is C28H43N3O4. The van der Waals surface area contributed by atoms with Crippen molar-refractivity contribution >= 4 is 17.7 Å². The van der Waals surface area contributed by atoms with E-state index < -0.39 is 0 Å². The van der Waals surface area contributed by atoms with Crippen LogP contribution in [0.1, 0.15) is 101 Å². The first-order valence-electron chi connectivity index (χ1n) is 13.6. The van der Waals surface area contributed by atoms with E-state index >= 15 is 0 Å². The third-order valence-electron chi connectivity index (χ3n) is 7.38. The van der Waals surface area contributed by atoms with Gasteiger partial charge in [-0.1, -0.05) is 39.0 Å². The maximum absolute atomic E-state index is 13.0. The van der Waals surface area contributed by atoms with Crippen LogP contribution in [0.2, 0.25) is 0 Å². The molecule has 1 aliphatic heterocycles. The van der Waals surface area contributed by atoms with E-state index in [2.05, 4.69) is 17.6 Å². The van der Waals surface area contributed by atoms with E-state index in [9.17, 15) is 14.4 Å². The van der Waals surface area contributed by atoms with Gasteiger partial charge in [0.05, 0.1) is 7.11 Å². The first kappa shape index (κ1) is 27.0. The van der Waals surface area contributed by atoms with Crippen LogP contribution in [0.25, 0.3) is 0 Å². The van der Waals surface area contributed by atoms with E-state index in [1.54, 1.807) is 31.4 Å². The van der Waals surface area contributed by atoms with Crippen molar-refractivity contribution in [3.05, 3.63) is 29.8 Å². The Balaban J connectivity index is 1.37. The average Bonchev–Trinajstić information content (AvgIpc) is 3.37. The third-order valence-corrected chi connectivity index (χ3v) is 7.38. The van der Waals surface area contributed by atoms with Gasteiger partial charge in [0.15, 0.2) is 0 Å². The Kier molecular flexibility index (Phi) is 10.9. The summed E-state index contributed by atoms with van der Waals surface area (Å²) in [6.07, 6.45) is 12.4. The fourth-order valence-corrected chi connectivity index (χ4v) is 5.23. The summed E-state index contributed by atoms with van der Waals surface area (Å²) in [5.74, 6) is 0.765. The number of likely N-dealkylation sites (tertiary alicyclic amines) is 1. The van der Waals surface area contributed by atoms with Crippen molar-refractivity contribution in [1.29, 1.82) is 0 Å². The zero-order chi connectivity index (χ0) is 25.0. The molecule has 3 rings (SSSR count). The van der Waals surface area contributed by atoms with E-state index in [4.69, 9.17) is 4.74 Å². The Hall–Kier alpha value is -2.57. The zero-order valence-corrected chi connectivity index (χ0v) is 21.5. The van der Waals surface area contributed by atoms with E-state index in [0.29, 0.717) is 18.5 Å². The molecule has 2 fully saturated rings. The summed E-state index contributed by atoms with van der Waals surface area (Å²) in [5.41, 5.74) is 0.619. The van der Waals surface area contributed by atoms with Crippen molar-refractivity contribution in [2.75, 3.05) is 13.7 Å². The van der Waals surface area contributed by atoms with Crippen molar-refractivity contribution in [2.24, 2.45) is 0 Å². The number of carbonyl (C=O) groups is 3. The number of hydrogen-bond acceptors (Lipinski definition) is 4. The summed E-state index contributed by atoms with van der Waals surface area (Å²) in [6, 6.07) is 6.99. The Morgan fingerprint density at radius 1 is 0.886 bits per heavy atom. The molecule has 35 heavy (non-hydrogen) atoms. The minimum Gasteiger partial charge on any atom is -0.497 e. The van der Waals surface area contributed by atoms with Crippen LogP contribution in [0.4, 0.5) is 0 Å². The summed E-state index contributed by atoms with van der Waals surface area (Å²) in [4.78, 5) is 40.1. The number of benzene rings is 1. The molecule has 0 bridgehead atoms. The molecule has 194 valence electrons. The molecule has 3 amide bonds. The van der Waals surface area contributed by atoms with Crippen LogP contribution in [-0.2, 0) is 9.59 Å². The molecule has 0 radical (unpaired) electrons. The van der Waals surface area contributed by atoms with Crippen LogP contribution in [0.15, 0.2) is 24.3 Å². The molecule has 1 atom stereocenters. The first-order valence-corrected chi connectivity index (χ1v) is 13.6. The topological polar surface area (TPSA) is 87.7 Å².